The summed E-state index contributed by atoms with van der Waals surface area (Å²) in [6, 6.07) is 0.211. The van der Waals surface area contributed by atoms with E-state index in [0.717, 1.165) is 12.8 Å². The molecule has 0 aliphatic rings. The monoisotopic (exact) mass is 299 g/mol. The van der Waals surface area contributed by atoms with E-state index in [2.05, 4.69) is 19.2 Å². The van der Waals surface area contributed by atoms with Crippen LogP contribution in [0.15, 0.2) is 0 Å². The lowest BCUT2D eigenvalue weighted by molar-refractivity contribution is -0.157. The predicted octanol–water partition coefficient (Wildman–Crippen LogP) is 4.84. The van der Waals surface area contributed by atoms with Gasteiger partial charge in [-0.3, -0.25) is 4.79 Å². The third-order valence-electron chi connectivity index (χ3n) is 3.56. The Hall–Kier alpha value is -0.570. The van der Waals surface area contributed by atoms with E-state index in [0.29, 0.717) is 6.04 Å². The van der Waals surface area contributed by atoms with Gasteiger partial charge in [0.15, 0.2) is 0 Å². The standard InChI is InChI=1S/C18H37NO2/c1-7-9-11-13-16(14-12-10-8-2)19-15(3)17(20)21-18(4,5)6/h15-16,19H,7-14H2,1-6H3/t15-/m0/s1. The Labute approximate surface area is 132 Å². The van der Waals surface area contributed by atoms with Crippen molar-refractivity contribution in [3.8, 4) is 0 Å². The number of hydrogen-bond acceptors (Lipinski definition) is 3. The van der Waals surface area contributed by atoms with Gasteiger partial charge in [-0.15, -0.1) is 0 Å². The number of nitrogens with one attached hydrogen (secondary N) is 1. The molecule has 3 heteroatoms. The number of unbranched alkanes of at least 4 members (excludes halogenated alkanes) is 4. The van der Waals surface area contributed by atoms with Gasteiger partial charge in [-0.2, -0.15) is 0 Å². The molecule has 0 heterocycles. The van der Waals surface area contributed by atoms with E-state index in [1.165, 1.54) is 38.5 Å². The highest BCUT2D eigenvalue weighted by Gasteiger charge is 2.23. The van der Waals surface area contributed by atoms with Crippen molar-refractivity contribution in [2.45, 2.75) is 111 Å². The summed E-state index contributed by atoms with van der Waals surface area (Å²) in [4.78, 5) is 12.1. The Morgan fingerprint density at radius 3 is 1.86 bits per heavy atom. The van der Waals surface area contributed by atoms with Crippen molar-refractivity contribution in [1.29, 1.82) is 0 Å². The maximum Gasteiger partial charge on any atom is 0.323 e. The molecule has 3 nitrogen and oxygen atoms in total. The highest BCUT2D eigenvalue weighted by molar-refractivity contribution is 5.75. The molecule has 0 aromatic heterocycles. The molecule has 0 rings (SSSR count). The van der Waals surface area contributed by atoms with Crippen LogP contribution in [0.25, 0.3) is 0 Å². The molecule has 0 aliphatic carbocycles. The number of hydrogen-bond donors (Lipinski definition) is 1. The Morgan fingerprint density at radius 2 is 1.48 bits per heavy atom. The van der Waals surface area contributed by atoms with Gasteiger partial charge in [0.2, 0.25) is 0 Å². The molecular formula is C18H37NO2. The molecule has 0 saturated carbocycles. The summed E-state index contributed by atoms with van der Waals surface area (Å²) in [6.45, 7) is 12.1. The predicted molar refractivity (Wildman–Crippen MR) is 90.5 cm³/mol. The minimum absolute atomic E-state index is 0.140. The summed E-state index contributed by atoms with van der Waals surface area (Å²) < 4.78 is 5.45. The van der Waals surface area contributed by atoms with Crippen molar-refractivity contribution in [3.63, 3.8) is 0 Å². The summed E-state index contributed by atoms with van der Waals surface area (Å²) in [5, 5.41) is 3.48. The van der Waals surface area contributed by atoms with Crippen LogP contribution in [0.5, 0.6) is 0 Å². The average molecular weight is 299 g/mol. The van der Waals surface area contributed by atoms with E-state index in [9.17, 15) is 4.79 Å². The van der Waals surface area contributed by atoms with Crippen molar-refractivity contribution in [3.05, 3.63) is 0 Å². The van der Waals surface area contributed by atoms with Crippen molar-refractivity contribution < 1.29 is 9.53 Å². The van der Waals surface area contributed by atoms with E-state index in [1.54, 1.807) is 0 Å². The lowest BCUT2D eigenvalue weighted by Gasteiger charge is -2.26. The van der Waals surface area contributed by atoms with Crippen molar-refractivity contribution in [1.82, 2.24) is 5.32 Å². The number of carbonyl (C=O) groups excluding carboxylic acids is 1. The topological polar surface area (TPSA) is 38.3 Å². The molecule has 0 radical (unpaired) electrons. The van der Waals surface area contributed by atoms with E-state index in [-0.39, 0.29) is 12.0 Å². The van der Waals surface area contributed by atoms with Crippen LogP contribution in [0.2, 0.25) is 0 Å². The molecule has 0 unspecified atom stereocenters. The van der Waals surface area contributed by atoms with Gasteiger partial charge in [0.05, 0.1) is 0 Å². The zero-order valence-corrected chi connectivity index (χ0v) is 15.1. The van der Waals surface area contributed by atoms with E-state index >= 15 is 0 Å². The maximum absolute atomic E-state index is 12.1. The third-order valence-corrected chi connectivity index (χ3v) is 3.56. The molecule has 1 N–H and O–H groups in total. The van der Waals surface area contributed by atoms with Crippen LogP contribution in [-0.2, 0) is 9.53 Å². The fraction of sp³-hybridized carbons (Fsp3) is 0.944. The van der Waals surface area contributed by atoms with Crippen LogP contribution in [0.3, 0.4) is 0 Å². The van der Waals surface area contributed by atoms with E-state index in [1.807, 2.05) is 27.7 Å². The first-order valence-electron chi connectivity index (χ1n) is 8.79. The van der Waals surface area contributed by atoms with Crippen LogP contribution in [-0.4, -0.2) is 23.7 Å². The second-order valence-corrected chi connectivity index (χ2v) is 7.11. The second-order valence-electron chi connectivity index (χ2n) is 7.11. The van der Waals surface area contributed by atoms with Crippen molar-refractivity contribution >= 4 is 5.97 Å². The smallest absolute Gasteiger partial charge is 0.323 e. The molecule has 0 aromatic rings. The normalized spacial score (nSPS) is 13.5. The highest BCUT2D eigenvalue weighted by atomic mass is 16.6. The lowest BCUT2D eigenvalue weighted by atomic mass is 10.0. The zero-order valence-electron chi connectivity index (χ0n) is 15.1. The Kier molecular flexibility index (Phi) is 10.8. The third kappa shape index (κ3) is 11.7. The molecule has 0 bridgehead atoms. The van der Waals surface area contributed by atoms with Gasteiger partial charge in [0.1, 0.15) is 11.6 Å². The molecule has 0 fully saturated rings. The largest absolute Gasteiger partial charge is 0.459 e. The second kappa shape index (κ2) is 11.1. The molecular weight excluding hydrogens is 262 g/mol. The Bertz CT molecular complexity index is 261. The fourth-order valence-corrected chi connectivity index (χ4v) is 2.40. The van der Waals surface area contributed by atoms with Gasteiger partial charge in [0.25, 0.3) is 0 Å². The van der Waals surface area contributed by atoms with Crippen molar-refractivity contribution in [2.24, 2.45) is 0 Å². The SMILES string of the molecule is CCCCCC(CCCCC)N[C@@H](C)C(=O)OC(C)(C)C. The zero-order chi connectivity index (χ0) is 16.3. The van der Waals surface area contributed by atoms with E-state index in [4.69, 9.17) is 4.74 Å². The molecule has 0 saturated heterocycles. The molecule has 0 aromatic carbocycles. The maximum atomic E-state index is 12.1. The van der Waals surface area contributed by atoms with Crippen LogP contribution in [0.1, 0.15) is 92.9 Å². The van der Waals surface area contributed by atoms with Crippen LogP contribution in [0, 0.1) is 0 Å². The molecule has 1 atom stereocenters. The van der Waals surface area contributed by atoms with Gasteiger partial charge in [0, 0.05) is 6.04 Å². The molecule has 126 valence electrons. The summed E-state index contributed by atoms with van der Waals surface area (Å²) in [7, 11) is 0. The first kappa shape index (κ1) is 20.4. The first-order valence-corrected chi connectivity index (χ1v) is 8.79. The molecule has 0 aliphatic heterocycles. The number of carbonyl (C=O) groups is 1. The Balaban J connectivity index is 4.30. The summed E-state index contributed by atoms with van der Waals surface area (Å²) in [6.07, 6.45) is 9.81. The molecule has 21 heavy (non-hydrogen) atoms. The van der Waals surface area contributed by atoms with Crippen LogP contribution in [0.4, 0.5) is 0 Å². The van der Waals surface area contributed by atoms with E-state index < -0.39 is 5.60 Å². The van der Waals surface area contributed by atoms with Gasteiger partial charge in [-0.25, -0.2) is 0 Å². The fourth-order valence-electron chi connectivity index (χ4n) is 2.40. The molecule has 0 amide bonds. The van der Waals surface area contributed by atoms with Crippen LogP contribution < -0.4 is 5.32 Å². The van der Waals surface area contributed by atoms with Gasteiger partial charge >= 0.3 is 5.97 Å². The number of rotatable bonds is 11. The quantitative estimate of drug-likeness (QED) is 0.438. The first-order chi connectivity index (χ1) is 9.80. The average Bonchev–Trinajstić information content (AvgIpc) is 2.36. The lowest BCUT2D eigenvalue weighted by Crippen LogP contribution is -2.44. The number of ether oxygens (including phenoxy) is 1. The van der Waals surface area contributed by atoms with Gasteiger partial charge in [-0.05, 0) is 40.5 Å². The molecule has 0 spiro atoms. The minimum Gasteiger partial charge on any atom is -0.459 e. The van der Waals surface area contributed by atoms with Crippen molar-refractivity contribution in [2.75, 3.05) is 0 Å². The van der Waals surface area contributed by atoms with Gasteiger partial charge < -0.3 is 10.1 Å². The highest BCUT2D eigenvalue weighted by Crippen LogP contribution is 2.13. The van der Waals surface area contributed by atoms with Crippen LogP contribution >= 0.6 is 0 Å². The summed E-state index contributed by atoms with van der Waals surface area (Å²) >= 11 is 0. The van der Waals surface area contributed by atoms with Gasteiger partial charge in [-0.1, -0.05) is 52.4 Å². The minimum atomic E-state index is -0.410. The summed E-state index contributed by atoms with van der Waals surface area (Å²) in [5.74, 6) is -0.140. The Morgan fingerprint density at radius 1 is 1.00 bits per heavy atom. The number of esters is 1. The summed E-state index contributed by atoms with van der Waals surface area (Å²) in [5.41, 5.74) is -0.410.